The van der Waals surface area contributed by atoms with Crippen LogP contribution in [0.4, 0.5) is 0 Å². The van der Waals surface area contributed by atoms with Crippen LogP contribution in [-0.4, -0.2) is 23.5 Å². The molecule has 92 valence electrons. The molecule has 4 nitrogen and oxygen atoms in total. The van der Waals surface area contributed by atoms with Crippen molar-refractivity contribution in [2.24, 2.45) is 0 Å². The predicted octanol–water partition coefficient (Wildman–Crippen LogP) is 2.29. The van der Waals surface area contributed by atoms with Gasteiger partial charge in [0.25, 0.3) is 5.91 Å². The van der Waals surface area contributed by atoms with Crippen molar-refractivity contribution >= 4 is 22.6 Å². The van der Waals surface area contributed by atoms with Gasteiger partial charge in [0.2, 0.25) is 0 Å². The first kappa shape index (κ1) is 12.1. The van der Waals surface area contributed by atoms with Gasteiger partial charge in [-0.25, -0.2) is 4.79 Å². The number of hydrogen-bond donors (Lipinski definition) is 2. The van der Waals surface area contributed by atoms with Crippen molar-refractivity contribution in [1.82, 2.24) is 5.32 Å². The lowest BCUT2D eigenvalue weighted by Gasteiger charge is -2.08. The van der Waals surface area contributed by atoms with Gasteiger partial charge in [-0.05, 0) is 29.8 Å². The van der Waals surface area contributed by atoms with E-state index in [4.69, 9.17) is 5.11 Å². The number of hydrogen-bond acceptors (Lipinski definition) is 2. The molecular formula is C14H13NO3. The molecular weight excluding hydrogens is 230 g/mol. The number of aromatic carboxylic acids is 1. The van der Waals surface area contributed by atoms with E-state index in [0.717, 1.165) is 0 Å². The maximum atomic E-state index is 11.9. The number of carboxylic acids is 1. The van der Waals surface area contributed by atoms with Crippen LogP contribution in [0.3, 0.4) is 0 Å². The second-order valence-corrected chi connectivity index (χ2v) is 3.87. The lowest BCUT2D eigenvalue weighted by Crippen LogP contribution is -2.22. The van der Waals surface area contributed by atoms with E-state index in [1.807, 2.05) is 6.92 Å². The summed E-state index contributed by atoms with van der Waals surface area (Å²) in [6, 6.07) is 10.0. The lowest BCUT2D eigenvalue weighted by molar-refractivity contribution is 0.0698. The van der Waals surface area contributed by atoms with Gasteiger partial charge in [-0.15, -0.1) is 0 Å². The minimum Gasteiger partial charge on any atom is -0.478 e. The van der Waals surface area contributed by atoms with Crippen LogP contribution in [0, 0.1) is 0 Å². The lowest BCUT2D eigenvalue weighted by atomic mass is 9.99. The smallest absolute Gasteiger partial charge is 0.336 e. The number of fused-ring (bicyclic) bond motifs is 1. The molecule has 0 aliphatic heterocycles. The van der Waals surface area contributed by atoms with E-state index in [0.29, 0.717) is 22.9 Å². The fourth-order valence-corrected chi connectivity index (χ4v) is 1.95. The first-order valence-electron chi connectivity index (χ1n) is 5.68. The number of carbonyl (C=O) groups is 2. The zero-order valence-corrected chi connectivity index (χ0v) is 9.93. The van der Waals surface area contributed by atoms with Gasteiger partial charge in [-0.1, -0.05) is 24.3 Å². The van der Waals surface area contributed by atoms with Crippen molar-refractivity contribution in [3.63, 3.8) is 0 Å². The summed E-state index contributed by atoms with van der Waals surface area (Å²) in [7, 11) is 0. The molecule has 0 aromatic heterocycles. The van der Waals surface area contributed by atoms with Crippen LogP contribution in [0.25, 0.3) is 10.8 Å². The summed E-state index contributed by atoms with van der Waals surface area (Å²) < 4.78 is 0. The van der Waals surface area contributed by atoms with E-state index in [-0.39, 0.29) is 11.5 Å². The van der Waals surface area contributed by atoms with Crippen molar-refractivity contribution in [1.29, 1.82) is 0 Å². The van der Waals surface area contributed by atoms with Gasteiger partial charge in [-0.3, -0.25) is 4.79 Å². The zero-order valence-electron chi connectivity index (χ0n) is 9.93. The van der Waals surface area contributed by atoms with Gasteiger partial charge in [0.05, 0.1) is 5.56 Å². The van der Waals surface area contributed by atoms with Crippen molar-refractivity contribution in [2.75, 3.05) is 6.54 Å². The van der Waals surface area contributed by atoms with Crippen molar-refractivity contribution in [2.45, 2.75) is 6.92 Å². The van der Waals surface area contributed by atoms with E-state index >= 15 is 0 Å². The molecule has 0 aliphatic rings. The third kappa shape index (κ3) is 2.05. The Bertz CT molecular complexity index is 619. The number of carboxylic acid groups (broad SMARTS) is 1. The molecule has 0 fully saturated rings. The molecule has 0 heterocycles. The summed E-state index contributed by atoms with van der Waals surface area (Å²) in [4.78, 5) is 23.0. The first-order valence-corrected chi connectivity index (χ1v) is 5.68. The maximum absolute atomic E-state index is 11.9. The molecule has 0 saturated heterocycles. The molecule has 0 spiro atoms. The van der Waals surface area contributed by atoms with Crippen LogP contribution in [0.1, 0.15) is 27.6 Å². The monoisotopic (exact) mass is 243 g/mol. The average molecular weight is 243 g/mol. The molecule has 1 amide bonds. The fourth-order valence-electron chi connectivity index (χ4n) is 1.95. The van der Waals surface area contributed by atoms with E-state index in [1.54, 1.807) is 30.3 Å². The Morgan fingerprint density at radius 1 is 1.06 bits per heavy atom. The van der Waals surface area contributed by atoms with E-state index < -0.39 is 5.97 Å². The molecule has 0 unspecified atom stereocenters. The number of carbonyl (C=O) groups excluding carboxylic acids is 1. The Labute approximate surface area is 104 Å². The van der Waals surface area contributed by atoms with Gasteiger partial charge in [-0.2, -0.15) is 0 Å². The number of rotatable bonds is 3. The minimum atomic E-state index is -0.992. The molecule has 0 saturated carbocycles. The highest BCUT2D eigenvalue weighted by Crippen LogP contribution is 2.22. The number of benzene rings is 2. The second kappa shape index (κ2) is 4.87. The summed E-state index contributed by atoms with van der Waals surface area (Å²) in [5, 5.41) is 13.1. The molecule has 18 heavy (non-hydrogen) atoms. The van der Waals surface area contributed by atoms with Gasteiger partial charge in [0.15, 0.2) is 0 Å². The van der Waals surface area contributed by atoms with Crippen LogP contribution >= 0.6 is 0 Å². The molecule has 0 bridgehead atoms. The highest BCUT2D eigenvalue weighted by Gasteiger charge is 2.13. The molecule has 0 atom stereocenters. The Balaban J connectivity index is 2.67. The van der Waals surface area contributed by atoms with Crippen LogP contribution in [0.5, 0.6) is 0 Å². The first-order chi connectivity index (χ1) is 8.65. The molecule has 2 rings (SSSR count). The summed E-state index contributed by atoms with van der Waals surface area (Å²) in [6.07, 6.45) is 0. The van der Waals surface area contributed by atoms with Crippen LogP contribution < -0.4 is 5.32 Å². The largest absolute Gasteiger partial charge is 0.478 e. The van der Waals surface area contributed by atoms with Crippen molar-refractivity contribution in [3.8, 4) is 0 Å². The van der Waals surface area contributed by atoms with E-state index in [9.17, 15) is 9.59 Å². The highest BCUT2D eigenvalue weighted by atomic mass is 16.4. The van der Waals surface area contributed by atoms with Crippen molar-refractivity contribution in [3.05, 3.63) is 47.5 Å². The summed E-state index contributed by atoms with van der Waals surface area (Å²) in [5.74, 6) is -1.18. The zero-order chi connectivity index (χ0) is 13.1. The average Bonchev–Trinajstić information content (AvgIpc) is 2.37. The molecule has 2 N–H and O–H groups in total. The Hall–Kier alpha value is -2.36. The quantitative estimate of drug-likeness (QED) is 0.869. The van der Waals surface area contributed by atoms with Crippen LogP contribution in [-0.2, 0) is 0 Å². The normalized spacial score (nSPS) is 10.3. The topological polar surface area (TPSA) is 66.4 Å². The molecule has 0 aliphatic carbocycles. The molecule has 2 aromatic rings. The molecule has 4 heteroatoms. The predicted molar refractivity (Wildman–Crippen MR) is 68.9 cm³/mol. The van der Waals surface area contributed by atoms with Crippen molar-refractivity contribution < 1.29 is 14.7 Å². The van der Waals surface area contributed by atoms with Crippen LogP contribution in [0.2, 0.25) is 0 Å². The number of nitrogens with one attached hydrogen (secondary N) is 1. The van der Waals surface area contributed by atoms with Crippen LogP contribution in [0.15, 0.2) is 36.4 Å². The van der Waals surface area contributed by atoms with E-state index in [1.165, 1.54) is 6.07 Å². The SMILES string of the molecule is CCNC(=O)c1cccc2c(C(=O)O)cccc12. The molecule has 2 aromatic carbocycles. The minimum absolute atomic E-state index is 0.189. The van der Waals surface area contributed by atoms with Gasteiger partial charge in [0, 0.05) is 12.1 Å². The summed E-state index contributed by atoms with van der Waals surface area (Å²) >= 11 is 0. The third-order valence-electron chi connectivity index (χ3n) is 2.73. The van der Waals surface area contributed by atoms with Gasteiger partial charge in [0.1, 0.15) is 0 Å². The number of amides is 1. The highest BCUT2D eigenvalue weighted by molar-refractivity contribution is 6.12. The maximum Gasteiger partial charge on any atom is 0.336 e. The van der Waals surface area contributed by atoms with Gasteiger partial charge < -0.3 is 10.4 Å². The fraction of sp³-hybridized carbons (Fsp3) is 0.143. The third-order valence-corrected chi connectivity index (χ3v) is 2.73. The standard InChI is InChI=1S/C14H13NO3/c1-2-15-13(16)11-7-3-6-10-9(11)5-4-8-12(10)14(17)18/h3-8H,2H2,1H3,(H,15,16)(H,17,18). The Morgan fingerprint density at radius 3 is 2.17 bits per heavy atom. The van der Waals surface area contributed by atoms with E-state index in [2.05, 4.69) is 5.32 Å². The Kier molecular flexibility index (Phi) is 3.28. The van der Waals surface area contributed by atoms with Gasteiger partial charge >= 0.3 is 5.97 Å². The summed E-state index contributed by atoms with van der Waals surface area (Å²) in [6.45, 7) is 2.37. The Morgan fingerprint density at radius 2 is 1.61 bits per heavy atom. The summed E-state index contributed by atoms with van der Waals surface area (Å²) in [5.41, 5.74) is 0.705. The molecule has 0 radical (unpaired) electrons. The second-order valence-electron chi connectivity index (χ2n) is 3.87.